The second-order valence-corrected chi connectivity index (χ2v) is 3.55. The van der Waals surface area contributed by atoms with E-state index in [2.05, 4.69) is 0 Å². The van der Waals surface area contributed by atoms with Crippen LogP contribution in [0.2, 0.25) is 0 Å². The standard InChI is InChI=1S/C10H16N4O2/c11-9-1-2-12-3-4-14(10(9)12)13(5-7-15)6-8-16/h1-4,15-16H,5-8,11H2. The molecular formula is C10H16N4O2. The Balaban J connectivity index is 2.38. The third kappa shape index (κ3) is 1.72. The van der Waals surface area contributed by atoms with Crippen LogP contribution >= 0.6 is 0 Å². The predicted molar refractivity (Wildman–Crippen MR) is 61.9 cm³/mol. The molecule has 4 N–H and O–H groups in total. The number of fused-ring (bicyclic) bond motifs is 1. The summed E-state index contributed by atoms with van der Waals surface area (Å²) in [6.45, 7) is 0.973. The highest BCUT2D eigenvalue weighted by atomic mass is 16.3. The van der Waals surface area contributed by atoms with Gasteiger partial charge >= 0.3 is 0 Å². The molecular weight excluding hydrogens is 208 g/mol. The number of aliphatic hydroxyl groups excluding tert-OH is 2. The molecule has 0 amide bonds. The van der Waals surface area contributed by atoms with Crippen molar-refractivity contribution in [3.8, 4) is 0 Å². The lowest BCUT2D eigenvalue weighted by atomic mass is 10.5. The molecule has 88 valence electrons. The Morgan fingerprint density at radius 1 is 1.12 bits per heavy atom. The van der Waals surface area contributed by atoms with E-state index in [-0.39, 0.29) is 13.2 Å². The summed E-state index contributed by atoms with van der Waals surface area (Å²) < 4.78 is 3.75. The summed E-state index contributed by atoms with van der Waals surface area (Å²) in [6, 6.07) is 1.82. The van der Waals surface area contributed by atoms with Crippen molar-refractivity contribution in [3.05, 3.63) is 24.7 Å². The van der Waals surface area contributed by atoms with Crippen molar-refractivity contribution in [2.75, 3.05) is 37.0 Å². The second kappa shape index (κ2) is 4.46. The average molecular weight is 224 g/mol. The van der Waals surface area contributed by atoms with Gasteiger partial charge < -0.3 is 25.4 Å². The van der Waals surface area contributed by atoms with Crippen LogP contribution in [0.5, 0.6) is 0 Å². The maximum atomic E-state index is 8.98. The van der Waals surface area contributed by atoms with E-state index in [4.69, 9.17) is 15.9 Å². The van der Waals surface area contributed by atoms with Crippen LogP contribution in [-0.2, 0) is 0 Å². The molecule has 0 aliphatic carbocycles. The minimum atomic E-state index is 0.0327. The first kappa shape index (κ1) is 10.8. The van der Waals surface area contributed by atoms with Crippen LogP contribution in [0.15, 0.2) is 24.7 Å². The lowest BCUT2D eigenvalue weighted by Gasteiger charge is -2.24. The predicted octanol–water partition coefficient (Wildman–Crippen LogP) is -0.754. The molecule has 2 heterocycles. The van der Waals surface area contributed by atoms with Crippen LogP contribution in [0.25, 0.3) is 5.65 Å². The Labute approximate surface area is 93.1 Å². The number of imidazole rings is 1. The van der Waals surface area contributed by atoms with Gasteiger partial charge in [-0.15, -0.1) is 0 Å². The van der Waals surface area contributed by atoms with Gasteiger partial charge in [-0.25, -0.2) is 4.68 Å². The third-order valence-corrected chi connectivity index (χ3v) is 2.52. The van der Waals surface area contributed by atoms with Gasteiger partial charge in [0.15, 0.2) is 5.65 Å². The van der Waals surface area contributed by atoms with Gasteiger partial charge in [0.05, 0.1) is 32.0 Å². The fourth-order valence-corrected chi connectivity index (χ4v) is 1.82. The Morgan fingerprint density at radius 2 is 1.81 bits per heavy atom. The molecule has 0 aliphatic heterocycles. The molecule has 2 aromatic rings. The van der Waals surface area contributed by atoms with Crippen molar-refractivity contribution in [3.63, 3.8) is 0 Å². The lowest BCUT2D eigenvalue weighted by Crippen LogP contribution is -2.38. The number of rotatable bonds is 5. The molecule has 2 rings (SSSR count). The zero-order valence-corrected chi connectivity index (χ0v) is 8.95. The minimum Gasteiger partial charge on any atom is -0.396 e. The van der Waals surface area contributed by atoms with Crippen molar-refractivity contribution >= 4 is 11.3 Å². The van der Waals surface area contributed by atoms with Gasteiger partial charge in [-0.05, 0) is 6.07 Å². The van der Waals surface area contributed by atoms with Crippen LogP contribution < -0.4 is 10.7 Å². The maximum Gasteiger partial charge on any atom is 0.159 e. The molecule has 16 heavy (non-hydrogen) atoms. The Kier molecular flexibility index (Phi) is 3.02. The van der Waals surface area contributed by atoms with Gasteiger partial charge in [0.25, 0.3) is 0 Å². The van der Waals surface area contributed by atoms with Crippen molar-refractivity contribution in [2.45, 2.75) is 0 Å². The van der Waals surface area contributed by atoms with E-state index < -0.39 is 0 Å². The number of aliphatic hydroxyl groups is 2. The van der Waals surface area contributed by atoms with E-state index in [1.807, 2.05) is 38.7 Å². The molecule has 0 saturated heterocycles. The van der Waals surface area contributed by atoms with E-state index in [0.29, 0.717) is 18.8 Å². The quantitative estimate of drug-likeness (QED) is 0.624. The molecule has 0 radical (unpaired) electrons. The fourth-order valence-electron chi connectivity index (χ4n) is 1.82. The molecule has 0 aliphatic rings. The fraction of sp³-hybridized carbons (Fsp3) is 0.400. The van der Waals surface area contributed by atoms with Crippen LogP contribution in [-0.4, -0.2) is 45.6 Å². The summed E-state index contributed by atoms with van der Waals surface area (Å²) >= 11 is 0. The molecule has 0 bridgehead atoms. The molecule has 0 spiro atoms. The van der Waals surface area contributed by atoms with Crippen molar-refractivity contribution < 1.29 is 10.2 Å². The number of nitrogens with zero attached hydrogens (tertiary/aromatic N) is 3. The third-order valence-electron chi connectivity index (χ3n) is 2.52. The summed E-state index contributed by atoms with van der Waals surface area (Å²) in [5.74, 6) is 0. The molecule has 0 saturated carbocycles. The first-order valence-electron chi connectivity index (χ1n) is 5.18. The van der Waals surface area contributed by atoms with E-state index >= 15 is 0 Å². The van der Waals surface area contributed by atoms with Crippen molar-refractivity contribution in [1.82, 2.24) is 9.08 Å². The van der Waals surface area contributed by atoms with Gasteiger partial charge in [-0.1, -0.05) is 0 Å². The summed E-state index contributed by atoms with van der Waals surface area (Å²) in [5, 5.41) is 19.8. The number of nitrogen functional groups attached to an aromatic ring is 1. The summed E-state index contributed by atoms with van der Waals surface area (Å²) in [7, 11) is 0. The van der Waals surface area contributed by atoms with E-state index in [9.17, 15) is 0 Å². The number of hydrogen-bond acceptors (Lipinski definition) is 4. The highest BCUT2D eigenvalue weighted by Gasteiger charge is 2.10. The highest BCUT2D eigenvalue weighted by Crippen LogP contribution is 2.15. The maximum absolute atomic E-state index is 8.98. The Bertz CT molecular complexity index is 456. The largest absolute Gasteiger partial charge is 0.396 e. The van der Waals surface area contributed by atoms with E-state index in [1.54, 1.807) is 0 Å². The zero-order valence-electron chi connectivity index (χ0n) is 8.95. The second-order valence-electron chi connectivity index (χ2n) is 3.55. The van der Waals surface area contributed by atoms with Gasteiger partial charge in [0.2, 0.25) is 0 Å². The summed E-state index contributed by atoms with van der Waals surface area (Å²) in [4.78, 5) is 0. The Morgan fingerprint density at radius 3 is 2.44 bits per heavy atom. The highest BCUT2D eigenvalue weighted by molar-refractivity contribution is 5.66. The molecule has 0 fully saturated rings. The smallest absolute Gasteiger partial charge is 0.159 e. The van der Waals surface area contributed by atoms with Crippen molar-refractivity contribution in [2.24, 2.45) is 0 Å². The van der Waals surface area contributed by atoms with Crippen LogP contribution in [0.4, 0.5) is 5.69 Å². The molecule has 0 aromatic carbocycles. The van der Waals surface area contributed by atoms with Gasteiger partial charge in [0.1, 0.15) is 0 Å². The molecule has 6 nitrogen and oxygen atoms in total. The lowest BCUT2D eigenvalue weighted by molar-refractivity contribution is 0.266. The number of anilines is 1. The topological polar surface area (TPSA) is 79.1 Å². The number of aromatic nitrogens is 2. The Hall–Kier alpha value is -1.66. The number of hydrogen-bond donors (Lipinski definition) is 3. The number of nitrogens with two attached hydrogens (primary N) is 1. The molecule has 6 heteroatoms. The summed E-state index contributed by atoms with van der Waals surface area (Å²) in [6.07, 6.45) is 5.61. The first-order valence-corrected chi connectivity index (χ1v) is 5.18. The zero-order chi connectivity index (χ0) is 11.5. The van der Waals surface area contributed by atoms with Gasteiger partial charge in [-0.3, -0.25) is 0 Å². The van der Waals surface area contributed by atoms with Gasteiger partial charge in [0, 0.05) is 18.6 Å². The van der Waals surface area contributed by atoms with Crippen LogP contribution in [0.1, 0.15) is 0 Å². The molecule has 2 aromatic heterocycles. The minimum absolute atomic E-state index is 0.0327. The van der Waals surface area contributed by atoms with Gasteiger partial charge in [-0.2, -0.15) is 0 Å². The monoisotopic (exact) mass is 224 g/mol. The van der Waals surface area contributed by atoms with Crippen LogP contribution in [0, 0.1) is 0 Å². The SMILES string of the molecule is Nc1ccn2ccn(N(CCO)CCO)c12. The molecule has 0 unspecified atom stereocenters. The van der Waals surface area contributed by atoms with Crippen LogP contribution in [0.3, 0.4) is 0 Å². The average Bonchev–Trinajstić information content (AvgIpc) is 2.82. The van der Waals surface area contributed by atoms with Crippen molar-refractivity contribution in [1.29, 1.82) is 0 Å². The first-order chi connectivity index (χ1) is 7.77. The van der Waals surface area contributed by atoms with E-state index in [0.717, 1.165) is 5.65 Å². The van der Waals surface area contributed by atoms with E-state index in [1.165, 1.54) is 0 Å². The normalized spacial score (nSPS) is 11.1. The molecule has 0 atom stereocenters. The summed E-state index contributed by atoms with van der Waals surface area (Å²) in [5.41, 5.74) is 7.38.